The van der Waals surface area contributed by atoms with Gasteiger partial charge in [-0.3, -0.25) is 4.79 Å². The Labute approximate surface area is 238 Å². The number of alkyl carbamates (subject to hydrolysis) is 2. The number of nitrogens with one attached hydrogen (secondary N) is 3. The molecule has 3 atom stereocenters. The lowest BCUT2D eigenvalue weighted by atomic mass is 9.80. The van der Waals surface area contributed by atoms with Crippen molar-refractivity contribution < 1.29 is 38.5 Å². The molecule has 2 rings (SSSR count). The normalized spacial score (nSPS) is 18.1. The minimum absolute atomic E-state index is 0.0743. The molecule has 3 amide bonds. The molecule has 0 radical (unpaired) electrons. The number of aliphatic hydroxyl groups excluding tert-OH is 1. The van der Waals surface area contributed by atoms with Crippen LogP contribution in [0.25, 0.3) is 0 Å². The van der Waals surface area contributed by atoms with Crippen molar-refractivity contribution in [2.45, 2.75) is 141 Å². The first-order chi connectivity index (χ1) is 19.0. The van der Waals surface area contributed by atoms with E-state index in [1.165, 1.54) is 7.11 Å². The molecule has 2 aliphatic carbocycles. The SMILES string of the molecule is COC(=O)C(CCCCCCCNC(=O)C(O)C(CC1CCC1)NC(=O)OC(C)(C)C)NC(=O)OC1CCCC1. The molecule has 0 bridgehead atoms. The average molecular weight is 570 g/mol. The summed E-state index contributed by atoms with van der Waals surface area (Å²) in [4.78, 5) is 49.1. The number of hydrogen-bond donors (Lipinski definition) is 4. The number of rotatable bonds is 16. The number of esters is 1. The van der Waals surface area contributed by atoms with E-state index >= 15 is 0 Å². The number of methoxy groups -OCH3 is 1. The van der Waals surface area contributed by atoms with Crippen LogP contribution in [0.4, 0.5) is 9.59 Å². The van der Waals surface area contributed by atoms with Crippen molar-refractivity contribution in [3.8, 4) is 0 Å². The summed E-state index contributed by atoms with van der Waals surface area (Å²) in [5.74, 6) is -0.604. The molecule has 0 aliphatic heterocycles. The van der Waals surface area contributed by atoms with Crippen molar-refractivity contribution in [3.63, 3.8) is 0 Å². The van der Waals surface area contributed by atoms with E-state index in [0.29, 0.717) is 25.3 Å². The van der Waals surface area contributed by atoms with Crippen LogP contribution in [-0.2, 0) is 23.8 Å². The van der Waals surface area contributed by atoms with Crippen LogP contribution in [0.2, 0.25) is 0 Å². The topological polar surface area (TPSA) is 152 Å². The van der Waals surface area contributed by atoms with Gasteiger partial charge in [0.05, 0.1) is 13.2 Å². The average Bonchev–Trinajstić information content (AvgIpc) is 3.36. The summed E-state index contributed by atoms with van der Waals surface area (Å²) in [6, 6.07) is -1.44. The van der Waals surface area contributed by atoms with Gasteiger partial charge in [0.15, 0.2) is 6.10 Å². The molecule has 0 aromatic carbocycles. The van der Waals surface area contributed by atoms with E-state index in [-0.39, 0.29) is 6.10 Å². The van der Waals surface area contributed by atoms with Gasteiger partial charge in [-0.1, -0.05) is 44.9 Å². The molecule has 0 aromatic rings. The second kappa shape index (κ2) is 17.3. The zero-order valence-corrected chi connectivity index (χ0v) is 24.8. The highest BCUT2D eigenvalue weighted by Gasteiger charge is 2.33. The maximum atomic E-state index is 12.6. The van der Waals surface area contributed by atoms with Crippen molar-refractivity contribution in [1.82, 2.24) is 16.0 Å². The van der Waals surface area contributed by atoms with Crippen molar-refractivity contribution in [2.24, 2.45) is 5.92 Å². The molecular weight excluding hydrogens is 518 g/mol. The lowest BCUT2D eigenvalue weighted by molar-refractivity contribution is -0.143. The molecule has 0 aromatic heterocycles. The van der Waals surface area contributed by atoms with E-state index < -0.39 is 47.9 Å². The van der Waals surface area contributed by atoms with E-state index in [1.54, 1.807) is 20.8 Å². The molecule has 0 saturated heterocycles. The van der Waals surface area contributed by atoms with Gasteiger partial charge < -0.3 is 35.3 Å². The zero-order chi connectivity index (χ0) is 29.5. The highest BCUT2D eigenvalue weighted by atomic mass is 16.6. The van der Waals surface area contributed by atoms with Crippen LogP contribution in [0, 0.1) is 5.92 Å². The van der Waals surface area contributed by atoms with Crippen molar-refractivity contribution in [3.05, 3.63) is 0 Å². The van der Waals surface area contributed by atoms with Gasteiger partial charge in [0, 0.05) is 6.54 Å². The molecule has 40 heavy (non-hydrogen) atoms. The Kier molecular flexibility index (Phi) is 14.5. The van der Waals surface area contributed by atoms with Gasteiger partial charge in [0.2, 0.25) is 0 Å². The van der Waals surface area contributed by atoms with Crippen LogP contribution in [-0.4, -0.2) is 72.7 Å². The maximum absolute atomic E-state index is 12.6. The van der Waals surface area contributed by atoms with E-state index in [2.05, 4.69) is 16.0 Å². The molecule has 2 saturated carbocycles. The predicted octanol–water partition coefficient (Wildman–Crippen LogP) is 4.10. The molecule has 2 fully saturated rings. The van der Waals surface area contributed by atoms with E-state index in [4.69, 9.17) is 14.2 Å². The lowest BCUT2D eigenvalue weighted by Gasteiger charge is -2.32. The maximum Gasteiger partial charge on any atom is 0.408 e. The quantitative estimate of drug-likeness (QED) is 0.123. The summed E-state index contributed by atoms with van der Waals surface area (Å²) in [7, 11) is 1.30. The molecule has 230 valence electrons. The smallest absolute Gasteiger partial charge is 0.408 e. The molecule has 2 aliphatic rings. The van der Waals surface area contributed by atoms with Gasteiger partial charge in [0.1, 0.15) is 17.7 Å². The van der Waals surface area contributed by atoms with Crippen LogP contribution in [0.15, 0.2) is 0 Å². The van der Waals surface area contributed by atoms with Gasteiger partial charge in [-0.15, -0.1) is 0 Å². The summed E-state index contributed by atoms with van der Waals surface area (Å²) in [6.07, 6.45) is 9.43. The fraction of sp³-hybridized carbons (Fsp3) is 0.862. The van der Waals surface area contributed by atoms with Crippen molar-refractivity contribution in [2.75, 3.05) is 13.7 Å². The summed E-state index contributed by atoms with van der Waals surface area (Å²) in [6.45, 7) is 5.70. The second-order valence-corrected chi connectivity index (χ2v) is 12.1. The number of hydrogen-bond acceptors (Lipinski definition) is 8. The number of aliphatic hydroxyl groups is 1. The molecule has 4 N–H and O–H groups in total. The summed E-state index contributed by atoms with van der Waals surface area (Å²) in [5.41, 5.74) is -0.671. The molecule has 0 heterocycles. The van der Waals surface area contributed by atoms with E-state index in [1.807, 2.05) is 0 Å². The largest absolute Gasteiger partial charge is 0.467 e. The Hall–Kier alpha value is -2.56. The highest BCUT2D eigenvalue weighted by Crippen LogP contribution is 2.31. The van der Waals surface area contributed by atoms with Gasteiger partial charge in [0.25, 0.3) is 5.91 Å². The van der Waals surface area contributed by atoms with E-state index in [9.17, 15) is 24.3 Å². The number of carbonyl (C=O) groups excluding carboxylic acids is 4. The van der Waals surface area contributed by atoms with Crippen LogP contribution in [0.5, 0.6) is 0 Å². The number of unbranched alkanes of at least 4 members (excludes halogenated alkanes) is 4. The first-order valence-electron chi connectivity index (χ1n) is 15.0. The van der Waals surface area contributed by atoms with Crippen molar-refractivity contribution >= 4 is 24.1 Å². The first kappa shape index (κ1) is 33.6. The molecule has 11 heteroatoms. The fourth-order valence-electron chi connectivity index (χ4n) is 5.04. The van der Waals surface area contributed by atoms with Gasteiger partial charge >= 0.3 is 18.2 Å². The third-order valence-electron chi connectivity index (χ3n) is 7.49. The highest BCUT2D eigenvalue weighted by molar-refractivity contribution is 5.82. The molecular formula is C29H51N3O8. The second-order valence-electron chi connectivity index (χ2n) is 12.1. The first-order valence-corrected chi connectivity index (χ1v) is 15.0. The number of carbonyl (C=O) groups is 4. The third-order valence-corrected chi connectivity index (χ3v) is 7.49. The Morgan fingerprint density at radius 2 is 1.52 bits per heavy atom. The molecule has 11 nitrogen and oxygen atoms in total. The third kappa shape index (κ3) is 13.2. The lowest BCUT2D eigenvalue weighted by Crippen LogP contribution is -2.52. The zero-order valence-electron chi connectivity index (χ0n) is 24.8. The van der Waals surface area contributed by atoms with Crippen LogP contribution in [0.3, 0.4) is 0 Å². The fourth-order valence-corrected chi connectivity index (χ4v) is 5.04. The van der Waals surface area contributed by atoms with Crippen LogP contribution >= 0.6 is 0 Å². The van der Waals surface area contributed by atoms with Crippen molar-refractivity contribution in [1.29, 1.82) is 0 Å². The predicted molar refractivity (Wildman–Crippen MR) is 150 cm³/mol. The van der Waals surface area contributed by atoms with Crippen LogP contribution in [0.1, 0.15) is 111 Å². The Morgan fingerprint density at radius 1 is 0.875 bits per heavy atom. The standard InChI is InChI=1S/C29H51N3O8/c1-29(2,3)40-28(37)32-23(19-20-13-12-14-20)24(33)25(34)30-18-11-7-5-6-8-17-22(26(35)38-4)31-27(36)39-21-15-9-10-16-21/h20-24,33H,5-19H2,1-4H3,(H,30,34)(H,31,36)(H,32,37). The summed E-state index contributed by atoms with van der Waals surface area (Å²) >= 11 is 0. The minimum atomic E-state index is -1.35. The summed E-state index contributed by atoms with van der Waals surface area (Å²) in [5, 5.41) is 18.8. The Bertz CT molecular complexity index is 806. The monoisotopic (exact) mass is 569 g/mol. The Morgan fingerprint density at radius 3 is 2.12 bits per heavy atom. The molecule has 3 unspecified atom stereocenters. The van der Waals surface area contributed by atoms with Gasteiger partial charge in [-0.05, 0) is 71.6 Å². The minimum Gasteiger partial charge on any atom is -0.467 e. The Balaban J connectivity index is 1.64. The van der Waals surface area contributed by atoms with Gasteiger partial charge in [-0.25, -0.2) is 14.4 Å². The molecule has 0 spiro atoms. The van der Waals surface area contributed by atoms with Gasteiger partial charge in [-0.2, -0.15) is 0 Å². The number of amides is 3. The summed E-state index contributed by atoms with van der Waals surface area (Å²) < 4.78 is 15.5. The van der Waals surface area contributed by atoms with E-state index in [0.717, 1.165) is 77.0 Å². The van der Waals surface area contributed by atoms with Crippen LogP contribution < -0.4 is 16.0 Å². The number of ether oxygens (including phenoxy) is 3.